The number of non-ortho nitro benzene ring substituents is 4. The smallest absolute Gasteiger partial charge is 0.258 e. The Balaban J connectivity index is 1.91. The fourth-order valence-electron chi connectivity index (χ4n) is 3.11. The Morgan fingerprint density at radius 1 is 0.686 bits per heavy atom. The number of allylic oxidation sites excluding steroid dienone is 2. The first-order valence-electron chi connectivity index (χ1n) is 9.71. The van der Waals surface area contributed by atoms with Crippen LogP contribution in [0.3, 0.4) is 0 Å². The molecule has 178 valence electrons. The maximum Gasteiger partial charge on any atom is 0.278 e. The van der Waals surface area contributed by atoms with E-state index in [1.807, 2.05) is 0 Å². The molecule has 0 bridgehead atoms. The van der Waals surface area contributed by atoms with Crippen molar-refractivity contribution in [2.45, 2.75) is 20.3 Å². The summed E-state index contributed by atoms with van der Waals surface area (Å²) in [5.74, 6) is 0. The summed E-state index contributed by atoms with van der Waals surface area (Å²) in [6.07, 6.45) is 2.00. The summed E-state index contributed by atoms with van der Waals surface area (Å²) >= 11 is 0. The van der Waals surface area contributed by atoms with Crippen LogP contribution in [-0.2, 0) is 0 Å². The average molecular weight is 481 g/mol. The molecule has 0 aromatic heterocycles. The highest BCUT2D eigenvalue weighted by Crippen LogP contribution is 2.30. The first kappa shape index (κ1) is 24.4. The monoisotopic (exact) mass is 481 g/mol. The van der Waals surface area contributed by atoms with E-state index in [1.54, 1.807) is 19.9 Å². The van der Waals surface area contributed by atoms with E-state index in [9.17, 15) is 40.5 Å². The van der Waals surface area contributed by atoms with Gasteiger partial charge in [0.2, 0.25) is 0 Å². The van der Waals surface area contributed by atoms with Crippen LogP contribution in [0.25, 0.3) is 0 Å². The molecule has 0 atom stereocenters. The average Bonchev–Trinajstić information content (AvgIpc) is 3.29. The lowest BCUT2D eigenvalue weighted by molar-refractivity contribution is -0.394. The van der Waals surface area contributed by atoms with Crippen molar-refractivity contribution in [1.29, 1.82) is 0 Å². The van der Waals surface area contributed by atoms with Crippen molar-refractivity contribution in [3.8, 4) is 0 Å². The minimum atomic E-state index is -0.759. The van der Waals surface area contributed by atoms with Crippen LogP contribution >= 0.6 is 0 Å². The predicted octanol–water partition coefficient (Wildman–Crippen LogP) is 4.93. The van der Waals surface area contributed by atoms with E-state index in [1.165, 1.54) is 0 Å². The summed E-state index contributed by atoms with van der Waals surface area (Å²) in [6.45, 7) is 3.15. The third kappa shape index (κ3) is 5.78. The second-order valence-electron chi connectivity index (χ2n) is 7.19. The van der Waals surface area contributed by atoms with Gasteiger partial charge < -0.3 is 0 Å². The summed E-state index contributed by atoms with van der Waals surface area (Å²) in [7, 11) is 0. The molecule has 35 heavy (non-hydrogen) atoms. The van der Waals surface area contributed by atoms with Gasteiger partial charge in [0.05, 0.1) is 66.0 Å². The Morgan fingerprint density at radius 3 is 1.43 bits per heavy atom. The first-order valence-corrected chi connectivity index (χ1v) is 9.71. The molecule has 0 amide bonds. The molecule has 0 saturated carbocycles. The highest BCUT2D eigenvalue weighted by Gasteiger charge is 2.19. The first-order chi connectivity index (χ1) is 16.4. The van der Waals surface area contributed by atoms with E-state index in [4.69, 9.17) is 0 Å². The molecule has 0 N–H and O–H groups in total. The van der Waals surface area contributed by atoms with Crippen LogP contribution in [0.5, 0.6) is 0 Å². The van der Waals surface area contributed by atoms with Crippen LogP contribution in [0.2, 0.25) is 0 Å². The van der Waals surface area contributed by atoms with Gasteiger partial charge in [0.1, 0.15) is 0 Å². The molecule has 2 aromatic carbocycles. The highest BCUT2D eigenvalue weighted by atomic mass is 16.6. The quantitative estimate of drug-likeness (QED) is 0.286. The van der Waals surface area contributed by atoms with Crippen molar-refractivity contribution in [1.82, 2.24) is 0 Å². The number of nitro groups is 4. The van der Waals surface area contributed by atoms with Crippen molar-refractivity contribution in [3.05, 3.63) is 88.6 Å². The van der Waals surface area contributed by atoms with E-state index in [0.717, 1.165) is 36.4 Å². The number of nitro benzene ring substituents is 4. The molecular weight excluding hydrogens is 466 g/mol. The summed E-state index contributed by atoms with van der Waals surface area (Å²) in [6, 6.07) is 6.05. The second-order valence-corrected chi connectivity index (χ2v) is 7.19. The van der Waals surface area contributed by atoms with Gasteiger partial charge in [-0.15, -0.1) is 0 Å². The normalized spacial score (nSPS) is 13.8. The zero-order chi connectivity index (χ0) is 25.9. The highest BCUT2D eigenvalue weighted by molar-refractivity contribution is 6.43. The lowest BCUT2D eigenvalue weighted by atomic mass is 10.2. The molecule has 15 heteroatoms. The van der Waals surface area contributed by atoms with Crippen molar-refractivity contribution in [2.75, 3.05) is 0 Å². The van der Waals surface area contributed by atoms with Gasteiger partial charge in [-0.3, -0.25) is 50.4 Å². The zero-order valence-electron chi connectivity index (χ0n) is 18.1. The van der Waals surface area contributed by atoms with Gasteiger partial charge in [-0.25, -0.2) is 4.99 Å². The van der Waals surface area contributed by atoms with E-state index >= 15 is 0 Å². The summed E-state index contributed by atoms with van der Waals surface area (Å²) in [5, 5.41) is 44.3. The van der Waals surface area contributed by atoms with E-state index in [0.29, 0.717) is 29.3 Å². The number of hydrogen-bond acceptors (Lipinski definition) is 11. The van der Waals surface area contributed by atoms with Crippen LogP contribution in [0.1, 0.15) is 20.3 Å². The Labute approximate surface area is 195 Å². The van der Waals surface area contributed by atoms with Crippen molar-refractivity contribution in [3.63, 3.8) is 0 Å². The molecular formula is C20H15N7O8. The number of hydrogen-bond donors (Lipinski definition) is 0. The number of nitrogens with zero attached hydrogens (tertiary/aromatic N) is 7. The predicted molar refractivity (Wildman–Crippen MR) is 125 cm³/mol. The van der Waals surface area contributed by atoms with Gasteiger partial charge in [0.25, 0.3) is 22.7 Å². The zero-order valence-corrected chi connectivity index (χ0v) is 18.1. The summed E-state index contributed by atoms with van der Waals surface area (Å²) in [5.41, 5.74) is -0.371. The summed E-state index contributed by atoms with van der Waals surface area (Å²) in [4.78, 5) is 54.1. The Kier molecular flexibility index (Phi) is 6.80. The largest absolute Gasteiger partial charge is 0.278 e. The maximum atomic E-state index is 11.1. The SMILES string of the molecule is CC(=Nc1cc([N+](=O)[O-])cc([N+](=O)[O-])c1)C1=CCC(C(C)=Nc2cc([N+](=O)[O-])cc([N+](=O)[O-])c2)=N1. The lowest BCUT2D eigenvalue weighted by Crippen LogP contribution is -2.07. The molecule has 0 aliphatic carbocycles. The van der Waals surface area contributed by atoms with Crippen LogP contribution in [0, 0.1) is 40.5 Å². The van der Waals surface area contributed by atoms with E-state index in [2.05, 4.69) is 15.0 Å². The molecule has 0 spiro atoms. The molecule has 1 aliphatic heterocycles. The second kappa shape index (κ2) is 9.74. The van der Waals surface area contributed by atoms with Crippen LogP contribution in [0.4, 0.5) is 34.1 Å². The van der Waals surface area contributed by atoms with Gasteiger partial charge in [0, 0.05) is 30.7 Å². The molecule has 0 saturated heterocycles. The van der Waals surface area contributed by atoms with E-state index < -0.39 is 42.4 Å². The third-order valence-electron chi connectivity index (χ3n) is 4.74. The molecule has 3 rings (SSSR count). The van der Waals surface area contributed by atoms with Gasteiger partial charge in [-0.1, -0.05) is 6.08 Å². The Morgan fingerprint density at radius 2 is 1.06 bits per heavy atom. The molecule has 1 heterocycles. The molecule has 2 aromatic rings. The Hall–Kier alpha value is -5.21. The Bertz CT molecular complexity index is 1340. The minimum Gasteiger partial charge on any atom is -0.258 e. The number of aliphatic imine (C=N–C) groups is 3. The number of rotatable bonds is 8. The van der Waals surface area contributed by atoms with E-state index in [-0.39, 0.29) is 11.4 Å². The lowest BCUT2D eigenvalue weighted by Gasteiger charge is -2.02. The van der Waals surface area contributed by atoms with Gasteiger partial charge in [0.15, 0.2) is 0 Å². The standard InChI is InChI=1S/C20H15N7O8/c1-11(21-13-5-15(24(28)29)9-16(6-13)25(30)31)19-3-4-20(23-19)12(2)22-14-7-17(26(32)33)10-18(8-14)27(34)35/h3,5-10H,4H2,1-2H3. The minimum absolute atomic E-state index is 0.00208. The molecule has 0 radical (unpaired) electrons. The van der Waals surface area contributed by atoms with Gasteiger partial charge in [-0.2, -0.15) is 0 Å². The molecule has 1 aliphatic rings. The maximum absolute atomic E-state index is 11.1. The number of benzene rings is 2. The molecule has 15 nitrogen and oxygen atoms in total. The topological polar surface area (TPSA) is 210 Å². The fourth-order valence-corrected chi connectivity index (χ4v) is 3.11. The molecule has 0 fully saturated rings. The summed E-state index contributed by atoms with van der Waals surface area (Å²) < 4.78 is 0. The van der Waals surface area contributed by atoms with Crippen molar-refractivity contribution >= 4 is 51.3 Å². The third-order valence-corrected chi connectivity index (χ3v) is 4.74. The van der Waals surface area contributed by atoms with Crippen LogP contribution < -0.4 is 0 Å². The van der Waals surface area contributed by atoms with Crippen LogP contribution in [0.15, 0.2) is 63.1 Å². The van der Waals surface area contributed by atoms with Crippen molar-refractivity contribution < 1.29 is 19.7 Å². The molecule has 0 unspecified atom stereocenters. The van der Waals surface area contributed by atoms with Gasteiger partial charge >= 0.3 is 0 Å². The van der Waals surface area contributed by atoms with Crippen LogP contribution in [-0.4, -0.2) is 36.8 Å². The fraction of sp³-hybridized carbons (Fsp3) is 0.150. The van der Waals surface area contributed by atoms with Gasteiger partial charge in [-0.05, 0) is 13.8 Å². The van der Waals surface area contributed by atoms with Crippen molar-refractivity contribution in [2.24, 2.45) is 15.0 Å².